The maximum absolute atomic E-state index is 12.1. The Morgan fingerprint density at radius 3 is 3.10 bits per heavy atom. The van der Waals surface area contributed by atoms with Crippen molar-refractivity contribution in [1.29, 1.82) is 0 Å². The van der Waals surface area contributed by atoms with Crippen LogP contribution < -0.4 is 11.1 Å². The van der Waals surface area contributed by atoms with E-state index in [1.54, 1.807) is 0 Å². The summed E-state index contributed by atoms with van der Waals surface area (Å²) in [5.74, 6) is -0.0494. The van der Waals surface area contributed by atoms with Gasteiger partial charge in [-0.3, -0.25) is 4.79 Å². The van der Waals surface area contributed by atoms with Crippen LogP contribution in [0, 0.1) is 0 Å². The standard InChI is InChI=1S/C14H16N4O2/c15-8-12-17-14(20-18-12)13(19)16-11-7-3-5-9-4-1-2-6-10(9)11/h1-2,4,6,11H,3,5,7-8,15H2,(H,16,19). The minimum atomic E-state index is -0.348. The predicted molar refractivity (Wildman–Crippen MR) is 71.8 cm³/mol. The highest BCUT2D eigenvalue weighted by Crippen LogP contribution is 2.29. The van der Waals surface area contributed by atoms with Crippen molar-refractivity contribution in [3.8, 4) is 0 Å². The van der Waals surface area contributed by atoms with E-state index in [0.29, 0.717) is 5.82 Å². The zero-order valence-electron chi connectivity index (χ0n) is 11.0. The first-order chi connectivity index (χ1) is 9.78. The molecule has 1 aromatic carbocycles. The van der Waals surface area contributed by atoms with E-state index in [2.05, 4.69) is 27.6 Å². The molecule has 0 aliphatic heterocycles. The van der Waals surface area contributed by atoms with Crippen LogP contribution in [-0.4, -0.2) is 16.0 Å². The highest BCUT2D eigenvalue weighted by atomic mass is 16.5. The number of aryl methyl sites for hydroxylation is 1. The van der Waals surface area contributed by atoms with Gasteiger partial charge in [-0.2, -0.15) is 4.98 Å². The topological polar surface area (TPSA) is 94.0 Å². The van der Waals surface area contributed by atoms with E-state index in [0.717, 1.165) is 19.3 Å². The molecule has 20 heavy (non-hydrogen) atoms. The minimum Gasteiger partial charge on any atom is -0.341 e. The number of carbonyl (C=O) groups excluding carboxylic acids is 1. The quantitative estimate of drug-likeness (QED) is 0.879. The molecule has 6 heteroatoms. The maximum Gasteiger partial charge on any atom is 0.316 e. The van der Waals surface area contributed by atoms with Crippen LogP contribution in [0.3, 0.4) is 0 Å². The Morgan fingerprint density at radius 2 is 2.30 bits per heavy atom. The van der Waals surface area contributed by atoms with Crippen LogP contribution >= 0.6 is 0 Å². The van der Waals surface area contributed by atoms with Crippen molar-refractivity contribution in [2.75, 3.05) is 0 Å². The second-order valence-corrected chi connectivity index (χ2v) is 4.84. The number of benzene rings is 1. The molecule has 0 saturated heterocycles. The molecule has 0 radical (unpaired) electrons. The van der Waals surface area contributed by atoms with E-state index in [1.165, 1.54) is 11.1 Å². The summed E-state index contributed by atoms with van der Waals surface area (Å²) < 4.78 is 4.89. The molecule has 2 aromatic rings. The highest BCUT2D eigenvalue weighted by molar-refractivity contribution is 5.89. The van der Waals surface area contributed by atoms with E-state index >= 15 is 0 Å². The first-order valence-corrected chi connectivity index (χ1v) is 6.69. The Hall–Kier alpha value is -2.21. The fraction of sp³-hybridized carbons (Fsp3) is 0.357. The summed E-state index contributed by atoms with van der Waals surface area (Å²) in [4.78, 5) is 16.0. The third-order valence-electron chi connectivity index (χ3n) is 3.52. The summed E-state index contributed by atoms with van der Waals surface area (Å²) in [6.07, 6.45) is 3.03. The summed E-state index contributed by atoms with van der Waals surface area (Å²) in [5, 5.41) is 6.57. The molecule has 1 unspecified atom stereocenters. The molecular weight excluding hydrogens is 256 g/mol. The lowest BCUT2D eigenvalue weighted by atomic mass is 9.88. The lowest BCUT2D eigenvalue weighted by Gasteiger charge is -2.25. The van der Waals surface area contributed by atoms with E-state index in [1.807, 2.05) is 12.1 Å². The van der Waals surface area contributed by atoms with E-state index < -0.39 is 0 Å². The molecule has 0 fully saturated rings. The second kappa shape index (κ2) is 5.42. The summed E-state index contributed by atoms with van der Waals surface area (Å²) >= 11 is 0. The number of fused-ring (bicyclic) bond motifs is 1. The summed E-state index contributed by atoms with van der Waals surface area (Å²) in [7, 11) is 0. The first kappa shape index (κ1) is 12.8. The number of hydrogen-bond donors (Lipinski definition) is 2. The molecule has 0 spiro atoms. The first-order valence-electron chi connectivity index (χ1n) is 6.69. The number of nitrogens with one attached hydrogen (secondary N) is 1. The lowest BCUT2D eigenvalue weighted by molar-refractivity contribution is 0.0888. The largest absolute Gasteiger partial charge is 0.341 e. The van der Waals surface area contributed by atoms with Crippen molar-refractivity contribution in [1.82, 2.24) is 15.5 Å². The van der Waals surface area contributed by atoms with Crippen LogP contribution in [0.5, 0.6) is 0 Å². The number of aromatic nitrogens is 2. The molecule has 0 saturated carbocycles. The molecule has 1 amide bonds. The fourth-order valence-corrected chi connectivity index (χ4v) is 2.55. The van der Waals surface area contributed by atoms with Gasteiger partial charge in [0.2, 0.25) is 0 Å². The van der Waals surface area contributed by atoms with E-state index in [4.69, 9.17) is 10.3 Å². The van der Waals surface area contributed by atoms with Crippen molar-refractivity contribution in [2.24, 2.45) is 5.73 Å². The maximum atomic E-state index is 12.1. The van der Waals surface area contributed by atoms with Crippen LogP contribution in [0.1, 0.15) is 46.5 Å². The van der Waals surface area contributed by atoms with E-state index in [-0.39, 0.29) is 24.4 Å². The second-order valence-electron chi connectivity index (χ2n) is 4.84. The molecular formula is C14H16N4O2. The molecule has 1 aromatic heterocycles. The number of carbonyl (C=O) groups is 1. The minimum absolute atomic E-state index is 0.000626. The van der Waals surface area contributed by atoms with Gasteiger partial charge in [-0.25, -0.2) is 0 Å². The van der Waals surface area contributed by atoms with Gasteiger partial charge in [0, 0.05) is 0 Å². The average Bonchev–Trinajstić information content (AvgIpc) is 2.97. The third-order valence-corrected chi connectivity index (χ3v) is 3.52. The molecule has 6 nitrogen and oxygen atoms in total. The lowest BCUT2D eigenvalue weighted by Crippen LogP contribution is -2.31. The zero-order chi connectivity index (χ0) is 13.9. The number of nitrogens with two attached hydrogens (primary N) is 1. The van der Waals surface area contributed by atoms with Crippen LogP contribution in [0.4, 0.5) is 0 Å². The predicted octanol–water partition coefficient (Wildman–Crippen LogP) is 1.34. The number of rotatable bonds is 3. The van der Waals surface area contributed by atoms with Gasteiger partial charge in [-0.15, -0.1) is 0 Å². The number of nitrogens with zero attached hydrogens (tertiary/aromatic N) is 2. The van der Waals surface area contributed by atoms with Gasteiger partial charge in [0.1, 0.15) is 0 Å². The van der Waals surface area contributed by atoms with Crippen molar-refractivity contribution >= 4 is 5.91 Å². The van der Waals surface area contributed by atoms with Crippen molar-refractivity contribution in [3.63, 3.8) is 0 Å². The Bertz CT molecular complexity index is 623. The van der Waals surface area contributed by atoms with E-state index in [9.17, 15) is 4.79 Å². The van der Waals surface area contributed by atoms with Gasteiger partial charge >= 0.3 is 11.8 Å². The van der Waals surface area contributed by atoms with Crippen LogP contribution in [0.2, 0.25) is 0 Å². The molecule has 1 heterocycles. The number of amides is 1. The zero-order valence-corrected chi connectivity index (χ0v) is 11.0. The van der Waals surface area contributed by atoms with Gasteiger partial charge in [-0.1, -0.05) is 29.4 Å². The summed E-state index contributed by atoms with van der Waals surface area (Å²) in [5.41, 5.74) is 7.86. The summed E-state index contributed by atoms with van der Waals surface area (Å²) in [6, 6.07) is 8.17. The van der Waals surface area contributed by atoms with Crippen molar-refractivity contribution in [3.05, 3.63) is 47.1 Å². The monoisotopic (exact) mass is 272 g/mol. The summed E-state index contributed by atoms with van der Waals surface area (Å²) in [6.45, 7) is 0.156. The Labute approximate surface area is 116 Å². The Morgan fingerprint density at radius 1 is 1.45 bits per heavy atom. The SMILES string of the molecule is NCc1noc(C(=O)NC2CCCc3ccccc32)n1. The Balaban J connectivity index is 1.77. The molecule has 1 atom stereocenters. The fourth-order valence-electron chi connectivity index (χ4n) is 2.55. The van der Waals surface area contributed by atoms with Gasteiger partial charge in [0.15, 0.2) is 5.82 Å². The van der Waals surface area contributed by atoms with Crippen LogP contribution in [0.15, 0.2) is 28.8 Å². The van der Waals surface area contributed by atoms with Crippen molar-refractivity contribution in [2.45, 2.75) is 31.8 Å². The van der Waals surface area contributed by atoms with Gasteiger partial charge in [0.25, 0.3) is 0 Å². The van der Waals surface area contributed by atoms with Crippen molar-refractivity contribution < 1.29 is 9.32 Å². The normalized spacial score (nSPS) is 17.6. The molecule has 3 rings (SSSR count). The smallest absolute Gasteiger partial charge is 0.316 e. The third kappa shape index (κ3) is 2.42. The average molecular weight is 272 g/mol. The van der Waals surface area contributed by atoms with Gasteiger partial charge in [0.05, 0.1) is 12.6 Å². The molecule has 1 aliphatic rings. The number of hydrogen-bond acceptors (Lipinski definition) is 5. The van der Waals surface area contributed by atoms with Gasteiger partial charge in [-0.05, 0) is 30.4 Å². The highest BCUT2D eigenvalue weighted by Gasteiger charge is 2.24. The molecule has 0 bridgehead atoms. The van der Waals surface area contributed by atoms with Gasteiger partial charge < -0.3 is 15.6 Å². The Kier molecular flexibility index (Phi) is 3.47. The molecule has 1 aliphatic carbocycles. The van der Waals surface area contributed by atoms with Crippen LogP contribution in [-0.2, 0) is 13.0 Å². The molecule has 104 valence electrons. The molecule has 3 N–H and O–H groups in total. The van der Waals surface area contributed by atoms with Crippen LogP contribution in [0.25, 0.3) is 0 Å².